The average molecular weight is 535 g/mol. The predicted octanol–water partition coefficient (Wildman–Crippen LogP) is 4.72. The van der Waals surface area contributed by atoms with Gasteiger partial charge in [0.25, 0.3) is 5.56 Å². The van der Waals surface area contributed by atoms with Gasteiger partial charge in [-0.05, 0) is 44.2 Å². The number of hydrogen-bond donors (Lipinski definition) is 0. The summed E-state index contributed by atoms with van der Waals surface area (Å²) in [5.41, 5.74) is 1.99. The molecule has 1 aliphatic heterocycles. The minimum atomic E-state index is -0.757. The fourth-order valence-electron chi connectivity index (χ4n) is 4.33. The van der Waals surface area contributed by atoms with Crippen molar-refractivity contribution in [2.45, 2.75) is 19.9 Å². The number of halogens is 1. The summed E-state index contributed by atoms with van der Waals surface area (Å²) < 4.78 is 18.9. The molecule has 7 nitrogen and oxygen atoms in total. The van der Waals surface area contributed by atoms with Gasteiger partial charge in [-0.3, -0.25) is 9.36 Å². The van der Waals surface area contributed by atoms with Gasteiger partial charge in [0.2, 0.25) is 0 Å². The van der Waals surface area contributed by atoms with Crippen LogP contribution in [0, 0.1) is 0 Å². The van der Waals surface area contributed by atoms with Crippen molar-refractivity contribution in [3.05, 3.63) is 108 Å². The summed E-state index contributed by atoms with van der Waals surface area (Å²) >= 11 is 7.34. The summed E-state index contributed by atoms with van der Waals surface area (Å²) in [7, 11) is 1.55. The molecular weight excluding hydrogens is 512 g/mol. The Bertz CT molecular complexity index is 1710. The zero-order valence-electron chi connectivity index (χ0n) is 20.4. The van der Waals surface area contributed by atoms with Crippen molar-refractivity contribution in [1.29, 1.82) is 0 Å². The summed E-state index contributed by atoms with van der Waals surface area (Å²) in [5.74, 6) is 1.17. The molecule has 188 valence electrons. The van der Waals surface area contributed by atoms with Gasteiger partial charge < -0.3 is 13.9 Å². The average Bonchev–Trinajstić information content (AvgIpc) is 3.48. The normalized spacial score (nSPS) is 15.4. The smallest absolute Gasteiger partial charge is 0.338 e. The van der Waals surface area contributed by atoms with Gasteiger partial charge in [0.1, 0.15) is 23.3 Å². The molecule has 0 amide bonds. The van der Waals surface area contributed by atoms with Crippen LogP contribution >= 0.6 is 22.9 Å². The molecule has 4 aromatic rings. The van der Waals surface area contributed by atoms with E-state index in [1.54, 1.807) is 45.2 Å². The van der Waals surface area contributed by atoms with Gasteiger partial charge in [-0.25, -0.2) is 9.79 Å². The Morgan fingerprint density at radius 2 is 2.00 bits per heavy atom. The topological polar surface area (TPSA) is 83.0 Å². The van der Waals surface area contributed by atoms with Gasteiger partial charge in [-0.2, -0.15) is 0 Å². The van der Waals surface area contributed by atoms with Crippen LogP contribution < -0.4 is 19.6 Å². The van der Waals surface area contributed by atoms with E-state index in [2.05, 4.69) is 4.99 Å². The zero-order chi connectivity index (χ0) is 26.1. The first kappa shape index (κ1) is 24.8. The maximum Gasteiger partial charge on any atom is 0.338 e. The molecule has 0 N–H and O–H groups in total. The van der Waals surface area contributed by atoms with E-state index in [-0.39, 0.29) is 12.2 Å². The number of carbonyl (C=O) groups excluding carboxylic acids is 1. The highest BCUT2D eigenvalue weighted by Crippen LogP contribution is 2.35. The van der Waals surface area contributed by atoms with Crippen LogP contribution in [0.5, 0.6) is 5.75 Å². The Kier molecular flexibility index (Phi) is 6.86. The molecule has 37 heavy (non-hydrogen) atoms. The third-order valence-corrected chi connectivity index (χ3v) is 7.18. The van der Waals surface area contributed by atoms with Crippen molar-refractivity contribution in [3.63, 3.8) is 0 Å². The molecule has 2 aromatic heterocycles. The number of para-hydroxylation sites is 1. The maximum absolute atomic E-state index is 13.8. The van der Waals surface area contributed by atoms with E-state index < -0.39 is 12.0 Å². The Balaban J connectivity index is 1.67. The fraction of sp³-hybridized carbons (Fsp3) is 0.179. The minimum Gasteiger partial charge on any atom is -0.496 e. The highest BCUT2D eigenvalue weighted by Gasteiger charge is 2.34. The third-order valence-electron chi connectivity index (χ3n) is 5.96. The molecule has 5 rings (SSSR count). The first-order valence-corrected chi connectivity index (χ1v) is 12.8. The summed E-state index contributed by atoms with van der Waals surface area (Å²) in [5, 5.41) is 0.605. The monoisotopic (exact) mass is 534 g/mol. The van der Waals surface area contributed by atoms with Crippen molar-refractivity contribution in [3.8, 4) is 17.1 Å². The Morgan fingerprint density at radius 3 is 2.76 bits per heavy atom. The van der Waals surface area contributed by atoms with E-state index in [0.717, 1.165) is 5.56 Å². The van der Waals surface area contributed by atoms with Crippen LogP contribution in [-0.4, -0.2) is 24.3 Å². The number of rotatable bonds is 6. The van der Waals surface area contributed by atoms with E-state index in [4.69, 9.17) is 25.5 Å². The number of hydrogen-bond acceptors (Lipinski definition) is 7. The number of methoxy groups -OCH3 is 1. The van der Waals surface area contributed by atoms with Crippen molar-refractivity contribution in [1.82, 2.24) is 4.57 Å². The molecule has 0 aliphatic carbocycles. The lowest BCUT2D eigenvalue weighted by Crippen LogP contribution is -2.40. The molecule has 2 aromatic carbocycles. The van der Waals surface area contributed by atoms with Gasteiger partial charge >= 0.3 is 5.97 Å². The van der Waals surface area contributed by atoms with Crippen LogP contribution in [0.25, 0.3) is 17.4 Å². The number of ether oxygens (including phenoxy) is 2. The lowest BCUT2D eigenvalue weighted by molar-refractivity contribution is -0.139. The van der Waals surface area contributed by atoms with Crippen molar-refractivity contribution in [2.24, 2.45) is 4.99 Å². The molecule has 0 unspecified atom stereocenters. The van der Waals surface area contributed by atoms with E-state index in [1.165, 1.54) is 15.9 Å². The first-order valence-electron chi connectivity index (χ1n) is 11.6. The second-order valence-corrected chi connectivity index (χ2v) is 9.70. The van der Waals surface area contributed by atoms with Crippen molar-refractivity contribution in [2.75, 3.05) is 13.7 Å². The second-order valence-electron chi connectivity index (χ2n) is 8.26. The van der Waals surface area contributed by atoms with Crippen LogP contribution in [0.2, 0.25) is 5.02 Å². The number of thiazole rings is 1. The quantitative estimate of drug-likeness (QED) is 0.334. The Labute approximate surface area is 221 Å². The first-order chi connectivity index (χ1) is 17.9. The van der Waals surface area contributed by atoms with Crippen LogP contribution in [-0.2, 0) is 9.53 Å². The number of esters is 1. The van der Waals surface area contributed by atoms with Crippen molar-refractivity contribution >= 4 is 35.0 Å². The van der Waals surface area contributed by atoms with Gasteiger partial charge in [0.05, 0.1) is 29.5 Å². The zero-order valence-corrected chi connectivity index (χ0v) is 21.9. The van der Waals surface area contributed by atoms with Crippen LogP contribution in [0.1, 0.15) is 31.2 Å². The highest BCUT2D eigenvalue weighted by molar-refractivity contribution is 7.07. The molecule has 0 saturated heterocycles. The molecule has 0 radical (unpaired) electrons. The molecule has 0 spiro atoms. The van der Waals surface area contributed by atoms with Gasteiger partial charge in [0, 0.05) is 22.2 Å². The number of nitrogens with zero attached hydrogens (tertiary/aromatic N) is 2. The van der Waals surface area contributed by atoms with E-state index in [9.17, 15) is 9.59 Å². The molecule has 0 bridgehead atoms. The number of fused-ring (bicyclic) bond motifs is 1. The predicted molar refractivity (Wildman–Crippen MR) is 143 cm³/mol. The molecule has 1 aliphatic rings. The molecular formula is C28H23ClN2O5S. The highest BCUT2D eigenvalue weighted by atomic mass is 35.5. The SMILES string of the molecule is CCOC(=O)C1=C(C)N=c2s/c(=C\c3ccc(-c4cccc(Cl)c4)o3)c(=O)n2[C@H]1c1ccccc1OC. The standard InChI is InChI=1S/C28H23ClN2O5S/c1-4-35-27(33)24-16(2)30-28-31(25(24)20-10-5-6-11-22(20)34-3)26(32)23(37-28)15-19-12-13-21(36-19)17-8-7-9-18(29)14-17/h5-15,25H,4H2,1-3H3/b23-15-/t25-/m0/s1. The van der Waals surface area contributed by atoms with Gasteiger partial charge in [-0.15, -0.1) is 0 Å². The van der Waals surface area contributed by atoms with Crippen LogP contribution in [0.3, 0.4) is 0 Å². The van der Waals surface area contributed by atoms with Crippen LogP contribution in [0.4, 0.5) is 0 Å². The van der Waals surface area contributed by atoms with Gasteiger partial charge in [0.15, 0.2) is 4.80 Å². The number of allylic oxidation sites excluding steroid dienone is 1. The Morgan fingerprint density at radius 1 is 1.19 bits per heavy atom. The molecule has 0 saturated carbocycles. The summed E-state index contributed by atoms with van der Waals surface area (Å²) in [4.78, 5) is 31.9. The minimum absolute atomic E-state index is 0.201. The van der Waals surface area contributed by atoms with E-state index in [0.29, 0.717) is 48.5 Å². The van der Waals surface area contributed by atoms with E-state index in [1.807, 2.05) is 42.5 Å². The summed E-state index contributed by atoms with van der Waals surface area (Å²) in [6, 6.07) is 17.5. The molecule has 9 heteroatoms. The number of benzene rings is 2. The third kappa shape index (κ3) is 4.65. The largest absolute Gasteiger partial charge is 0.496 e. The molecule has 1 atom stereocenters. The van der Waals surface area contributed by atoms with Crippen molar-refractivity contribution < 1.29 is 18.7 Å². The van der Waals surface area contributed by atoms with Crippen LogP contribution in [0.15, 0.2) is 86.1 Å². The van der Waals surface area contributed by atoms with E-state index >= 15 is 0 Å². The molecule has 0 fully saturated rings. The lowest BCUT2D eigenvalue weighted by atomic mass is 9.95. The number of carbonyl (C=O) groups is 1. The van der Waals surface area contributed by atoms with Gasteiger partial charge in [-0.1, -0.05) is 53.3 Å². The number of aromatic nitrogens is 1. The number of furan rings is 1. The Hall–Kier alpha value is -3.88. The second kappa shape index (κ2) is 10.2. The summed E-state index contributed by atoms with van der Waals surface area (Å²) in [6.45, 7) is 3.68. The maximum atomic E-state index is 13.8. The summed E-state index contributed by atoms with van der Waals surface area (Å²) in [6.07, 6.45) is 1.68. The lowest BCUT2D eigenvalue weighted by Gasteiger charge is -2.25. The fourth-order valence-corrected chi connectivity index (χ4v) is 5.55. The molecule has 3 heterocycles.